The Kier molecular flexibility index (Phi) is 9.09. The van der Waals surface area contributed by atoms with Crippen LogP contribution in [0.1, 0.15) is 18.1 Å². The molecule has 2 heterocycles. The standard InChI is InChI=1S/C13H10N.C12H11N2.Ir/c1-2-11-6-8-12(9-7-11)13-5-3-4-10-14-13;1-2-10-8-13-12(14-9-10)11-6-4-3-5-7-11;/h2-8,10H,1H2;3-6,8-9H,2H2,1H3;/q2*-1;. The van der Waals surface area contributed by atoms with Crippen molar-refractivity contribution in [2.45, 2.75) is 13.3 Å². The van der Waals surface area contributed by atoms with Gasteiger partial charge in [0.15, 0.2) is 0 Å². The van der Waals surface area contributed by atoms with E-state index in [1.165, 1.54) is 0 Å². The number of benzene rings is 2. The normalized spacial score (nSPS) is 9.55. The molecule has 2 aromatic carbocycles. The number of rotatable bonds is 4. The van der Waals surface area contributed by atoms with Gasteiger partial charge in [0, 0.05) is 38.7 Å². The number of pyridine rings is 1. The van der Waals surface area contributed by atoms with Crippen molar-refractivity contribution in [2.75, 3.05) is 0 Å². The van der Waals surface area contributed by atoms with Crippen molar-refractivity contribution in [3.05, 3.63) is 109 Å². The first kappa shape index (κ1) is 22.3. The van der Waals surface area contributed by atoms with E-state index in [2.05, 4.69) is 40.6 Å². The van der Waals surface area contributed by atoms with Crippen molar-refractivity contribution in [1.82, 2.24) is 15.0 Å². The summed E-state index contributed by atoms with van der Waals surface area (Å²) < 4.78 is 0. The third-order valence-electron chi connectivity index (χ3n) is 4.08. The van der Waals surface area contributed by atoms with Crippen LogP contribution in [0.25, 0.3) is 28.7 Å². The molecule has 4 aromatic rings. The molecular formula is C25H21IrN3-2. The largest absolute Gasteiger partial charge is 0.305 e. The number of aromatic nitrogens is 3. The first-order chi connectivity index (χ1) is 13.8. The van der Waals surface area contributed by atoms with Gasteiger partial charge in [-0.1, -0.05) is 19.1 Å². The fourth-order valence-corrected chi connectivity index (χ4v) is 2.45. The van der Waals surface area contributed by atoms with Gasteiger partial charge in [0.25, 0.3) is 0 Å². The van der Waals surface area contributed by atoms with E-state index >= 15 is 0 Å². The number of aryl methyl sites for hydroxylation is 1. The zero-order valence-corrected chi connectivity index (χ0v) is 18.6. The predicted octanol–water partition coefficient (Wildman–Crippen LogP) is 5.70. The molecule has 0 aliphatic carbocycles. The molecule has 0 atom stereocenters. The SMILES string of the molecule is C=Cc1c[c-]c(-c2ccccn2)cc1.CCc1cnc(-c2[c-]cccc2)nc1.[Ir]. The second kappa shape index (κ2) is 11.8. The number of nitrogens with zero attached hydrogens (tertiary/aromatic N) is 3. The number of hydrogen-bond acceptors (Lipinski definition) is 3. The summed E-state index contributed by atoms with van der Waals surface area (Å²) in [6.45, 7) is 5.79. The third kappa shape index (κ3) is 6.56. The van der Waals surface area contributed by atoms with Gasteiger partial charge < -0.3 is 4.98 Å². The van der Waals surface area contributed by atoms with Gasteiger partial charge in [-0.15, -0.1) is 83.9 Å². The van der Waals surface area contributed by atoms with Crippen LogP contribution < -0.4 is 0 Å². The minimum Gasteiger partial charge on any atom is -0.305 e. The fourth-order valence-electron chi connectivity index (χ4n) is 2.45. The summed E-state index contributed by atoms with van der Waals surface area (Å²) in [5, 5.41) is 0. The van der Waals surface area contributed by atoms with E-state index in [0.29, 0.717) is 0 Å². The summed E-state index contributed by atoms with van der Waals surface area (Å²) in [7, 11) is 0. The van der Waals surface area contributed by atoms with Crippen LogP contribution in [0.3, 0.4) is 0 Å². The molecule has 3 nitrogen and oxygen atoms in total. The second-order valence-corrected chi connectivity index (χ2v) is 6.00. The Hall–Kier alpha value is -2.94. The summed E-state index contributed by atoms with van der Waals surface area (Å²) in [4.78, 5) is 12.8. The molecule has 4 heteroatoms. The van der Waals surface area contributed by atoms with Gasteiger partial charge in [-0.25, -0.2) is 0 Å². The zero-order chi connectivity index (χ0) is 19.6. The van der Waals surface area contributed by atoms with Crippen molar-refractivity contribution in [2.24, 2.45) is 0 Å². The summed E-state index contributed by atoms with van der Waals surface area (Å²) in [6.07, 6.45) is 8.29. The second-order valence-electron chi connectivity index (χ2n) is 6.00. The van der Waals surface area contributed by atoms with Gasteiger partial charge in [0.1, 0.15) is 0 Å². The Morgan fingerprint density at radius 1 is 0.897 bits per heavy atom. The predicted molar refractivity (Wildman–Crippen MR) is 114 cm³/mol. The maximum Gasteiger partial charge on any atom is 0.0748 e. The van der Waals surface area contributed by atoms with E-state index in [-0.39, 0.29) is 20.1 Å². The third-order valence-corrected chi connectivity index (χ3v) is 4.08. The molecule has 0 bridgehead atoms. The van der Waals surface area contributed by atoms with E-state index < -0.39 is 0 Å². The van der Waals surface area contributed by atoms with Crippen LogP contribution in [-0.2, 0) is 26.5 Å². The van der Waals surface area contributed by atoms with Crippen LogP contribution in [0, 0.1) is 12.1 Å². The Labute approximate surface area is 186 Å². The van der Waals surface area contributed by atoms with Crippen LogP contribution in [0.15, 0.2) is 85.8 Å². The van der Waals surface area contributed by atoms with Crippen molar-refractivity contribution in [3.8, 4) is 22.6 Å². The molecular weight excluding hydrogens is 535 g/mol. The molecule has 0 saturated carbocycles. The van der Waals surface area contributed by atoms with E-state index in [9.17, 15) is 0 Å². The van der Waals surface area contributed by atoms with Gasteiger partial charge in [0.05, 0.1) is 5.82 Å². The van der Waals surface area contributed by atoms with E-state index in [1.807, 2.05) is 73.1 Å². The smallest absolute Gasteiger partial charge is 0.0748 e. The molecule has 2 aromatic heterocycles. The average Bonchev–Trinajstić information content (AvgIpc) is 2.81. The van der Waals surface area contributed by atoms with Gasteiger partial charge in [-0.2, -0.15) is 0 Å². The van der Waals surface area contributed by atoms with Crippen LogP contribution in [0.5, 0.6) is 0 Å². The van der Waals surface area contributed by atoms with Gasteiger partial charge in [0.2, 0.25) is 0 Å². The van der Waals surface area contributed by atoms with Gasteiger partial charge in [-0.3, -0.25) is 9.97 Å². The molecule has 1 radical (unpaired) electrons. The van der Waals surface area contributed by atoms with E-state index in [4.69, 9.17) is 0 Å². The molecule has 0 amide bonds. The first-order valence-electron chi connectivity index (χ1n) is 9.13. The van der Waals surface area contributed by atoms with Crippen molar-refractivity contribution < 1.29 is 20.1 Å². The van der Waals surface area contributed by atoms with Crippen molar-refractivity contribution in [3.63, 3.8) is 0 Å². The molecule has 4 rings (SSSR count). The van der Waals surface area contributed by atoms with Crippen molar-refractivity contribution in [1.29, 1.82) is 0 Å². The minimum atomic E-state index is 0. The van der Waals surface area contributed by atoms with Crippen LogP contribution in [0.4, 0.5) is 0 Å². The Morgan fingerprint density at radius 3 is 2.24 bits per heavy atom. The van der Waals surface area contributed by atoms with Gasteiger partial charge >= 0.3 is 0 Å². The molecule has 0 aliphatic heterocycles. The molecule has 0 spiro atoms. The molecule has 0 fully saturated rings. The summed E-state index contributed by atoms with van der Waals surface area (Å²) in [6, 6.07) is 25.8. The fraction of sp³-hybridized carbons (Fsp3) is 0.0800. The Bertz CT molecular complexity index is 984. The van der Waals surface area contributed by atoms with Crippen LogP contribution in [0.2, 0.25) is 0 Å². The average molecular weight is 556 g/mol. The maximum atomic E-state index is 4.28. The summed E-state index contributed by atoms with van der Waals surface area (Å²) in [5.74, 6) is 0.739. The van der Waals surface area contributed by atoms with Crippen molar-refractivity contribution >= 4 is 6.08 Å². The molecule has 0 saturated heterocycles. The topological polar surface area (TPSA) is 38.7 Å². The molecule has 0 aliphatic rings. The number of hydrogen-bond donors (Lipinski definition) is 0. The Balaban J connectivity index is 0.000000200. The summed E-state index contributed by atoms with van der Waals surface area (Å²) in [5.41, 5.74) is 5.13. The minimum absolute atomic E-state index is 0. The molecule has 0 unspecified atom stereocenters. The van der Waals surface area contributed by atoms with Gasteiger partial charge in [-0.05, 0) is 23.7 Å². The summed E-state index contributed by atoms with van der Waals surface area (Å²) >= 11 is 0. The van der Waals surface area contributed by atoms with E-state index in [0.717, 1.165) is 40.2 Å². The quantitative estimate of drug-likeness (QED) is 0.304. The van der Waals surface area contributed by atoms with E-state index in [1.54, 1.807) is 12.3 Å². The zero-order valence-electron chi connectivity index (χ0n) is 16.2. The Morgan fingerprint density at radius 2 is 1.69 bits per heavy atom. The van der Waals surface area contributed by atoms with Crippen LogP contribution in [-0.4, -0.2) is 15.0 Å². The monoisotopic (exact) mass is 556 g/mol. The van der Waals surface area contributed by atoms with Crippen LogP contribution >= 0.6 is 0 Å². The molecule has 147 valence electrons. The first-order valence-corrected chi connectivity index (χ1v) is 9.13. The molecule has 0 N–H and O–H groups in total. The maximum absolute atomic E-state index is 4.28. The molecule has 29 heavy (non-hydrogen) atoms.